The van der Waals surface area contributed by atoms with Gasteiger partial charge in [-0.2, -0.15) is 0 Å². The van der Waals surface area contributed by atoms with E-state index in [1.54, 1.807) is 0 Å². The molecule has 0 bridgehead atoms. The first-order valence-electron chi connectivity index (χ1n) is 10.4. The van der Waals surface area contributed by atoms with Gasteiger partial charge in [0.1, 0.15) is 0 Å². The van der Waals surface area contributed by atoms with Crippen molar-refractivity contribution in [2.24, 2.45) is 0 Å². The van der Waals surface area contributed by atoms with Crippen molar-refractivity contribution in [1.82, 2.24) is 10.6 Å². The van der Waals surface area contributed by atoms with E-state index >= 15 is 0 Å². The Balaban J connectivity index is 3.42. The van der Waals surface area contributed by atoms with Crippen LogP contribution in [-0.2, 0) is 0 Å². The van der Waals surface area contributed by atoms with Crippen molar-refractivity contribution in [1.29, 1.82) is 0 Å². The fourth-order valence-electron chi connectivity index (χ4n) is 2.28. The van der Waals surface area contributed by atoms with Gasteiger partial charge in [-0.05, 0) is 51.4 Å². The van der Waals surface area contributed by atoms with Gasteiger partial charge in [0, 0.05) is 13.1 Å². The minimum absolute atomic E-state index is 0.0567. The van der Waals surface area contributed by atoms with Crippen LogP contribution in [0.15, 0.2) is 48.6 Å². The molecule has 0 aromatic rings. The summed E-state index contributed by atoms with van der Waals surface area (Å²) < 4.78 is 0. The van der Waals surface area contributed by atoms with Crippen molar-refractivity contribution in [2.75, 3.05) is 13.1 Å². The highest BCUT2D eigenvalue weighted by Gasteiger charge is 1.95. The Bertz CT molecular complexity index is 422. The first-order valence-corrected chi connectivity index (χ1v) is 10.4. The predicted molar refractivity (Wildman–Crippen MR) is 115 cm³/mol. The molecule has 0 aliphatic rings. The highest BCUT2D eigenvalue weighted by molar-refractivity contribution is 5.73. The Kier molecular flexibility index (Phi) is 19.8. The van der Waals surface area contributed by atoms with Gasteiger partial charge in [0.25, 0.3) is 0 Å². The summed E-state index contributed by atoms with van der Waals surface area (Å²) >= 11 is 0. The zero-order chi connectivity index (χ0) is 19.1. The van der Waals surface area contributed by atoms with Crippen molar-refractivity contribution >= 4 is 6.03 Å². The van der Waals surface area contributed by atoms with Crippen LogP contribution < -0.4 is 10.6 Å². The molecule has 0 saturated carbocycles. The smallest absolute Gasteiger partial charge is 0.314 e. The summed E-state index contributed by atoms with van der Waals surface area (Å²) in [6, 6.07) is -0.0567. The zero-order valence-electron chi connectivity index (χ0n) is 17.0. The molecule has 0 aromatic heterocycles. The fourth-order valence-corrected chi connectivity index (χ4v) is 2.28. The number of carbonyl (C=O) groups is 1. The van der Waals surface area contributed by atoms with Crippen molar-refractivity contribution in [3.05, 3.63) is 48.6 Å². The summed E-state index contributed by atoms with van der Waals surface area (Å²) in [6.07, 6.45) is 29.0. The van der Waals surface area contributed by atoms with E-state index in [1.807, 2.05) is 6.92 Å². The third-order valence-electron chi connectivity index (χ3n) is 3.83. The molecule has 0 fully saturated rings. The molecule has 0 aliphatic heterocycles. The molecule has 0 rings (SSSR count). The molecule has 0 atom stereocenters. The summed E-state index contributed by atoms with van der Waals surface area (Å²) in [5.41, 5.74) is 0. The monoisotopic (exact) mass is 360 g/mol. The van der Waals surface area contributed by atoms with E-state index < -0.39 is 0 Å². The lowest BCUT2D eigenvalue weighted by Crippen LogP contribution is -2.36. The molecule has 3 nitrogen and oxygen atoms in total. The minimum atomic E-state index is -0.0567. The Morgan fingerprint density at radius 1 is 0.615 bits per heavy atom. The van der Waals surface area contributed by atoms with Gasteiger partial charge in [0.15, 0.2) is 0 Å². The molecular formula is C23H40N2O. The maximum Gasteiger partial charge on any atom is 0.314 e. The number of allylic oxidation sites excluding steroid dienone is 8. The number of urea groups is 1. The van der Waals surface area contributed by atoms with Gasteiger partial charge in [-0.25, -0.2) is 4.79 Å². The second-order valence-corrected chi connectivity index (χ2v) is 6.41. The Morgan fingerprint density at radius 3 is 1.65 bits per heavy atom. The van der Waals surface area contributed by atoms with Crippen molar-refractivity contribution in [3.63, 3.8) is 0 Å². The third kappa shape index (κ3) is 20.3. The third-order valence-corrected chi connectivity index (χ3v) is 3.83. The largest absolute Gasteiger partial charge is 0.338 e. The molecule has 3 heteroatoms. The fraction of sp³-hybridized carbons (Fsp3) is 0.609. The van der Waals surface area contributed by atoms with E-state index in [2.05, 4.69) is 66.2 Å². The second kappa shape index (κ2) is 21.3. The normalized spacial score (nSPS) is 12.1. The number of nitrogens with one attached hydrogen (secondary N) is 2. The summed E-state index contributed by atoms with van der Waals surface area (Å²) in [6.45, 7) is 5.76. The van der Waals surface area contributed by atoms with Gasteiger partial charge >= 0.3 is 6.03 Å². The molecular weight excluding hydrogens is 320 g/mol. The number of rotatable bonds is 16. The highest BCUT2D eigenvalue weighted by atomic mass is 16.2. The van der Waals surface area contributed by atoms with Gasteiger partial charge in [0.05, 0.1) is 0 Å². The van der Waals surface area contributed by atoms with Crippen LogP contribution in [0.3, 0.4) is 0 Å². The van der Waals surface area contributed by atoms with E-state index in [9.17, 15) is 4.79 Å². The highest BCUT2D eigenvalue weighted by Crippen LogP contribution is 2.01. The molecule has 0 spiro atoms. The molecule has 26 heavy (non-hydrogen) atoms. The van der Waals surface area contributed by atoms with Crippen LogP contribution >= 0.6 is 0 Å². The maximum absolute atomic E-state index is 11.3. The number of carbonyl (C=O) groups excluding carboxylic acids is 1. The second-order valence-electron chi connectivity index (χ2n) is 6.41. The van der Waals surface area contributed by atoms with Crippen molar-refractivity contribution in [3.8, 4) is 0 Å². The maximum atomic E-state index is 11.3. The molecule has 0 radical (unpaired) electrons. The van der Waals surface area contributed by atoms with E-state index in [-0.39, 0.29) is 6.03 Å². The van der Waals surface area contributed by atoms with Crippen molar-refractivity contribution < 1.29 is 4.79 Å². The average molecular weight is 361 g/mol. The van der Waals surface area contributed by atoms with Gasteiger partial charge < -0.3 is 10.6 Å². The Labute approximate surface area is 161 Å². The summed E-state index contributed by atoms with van der Waals surface area (Å²) in [5, 5.41) is 5.66. The van der Waals surface area contributed by atoms with E-state index in [4.69, 9.17) is 0 Å². The zero-order valence-corrected chi connectivity index (χ0v) is 17.0. The lowest BCUT2D eigenvalue weighted by Gasteiger charge is -2.04. The predicted octanol–water partition coefficient (Wildman–Crippen LogP) is 6.45. The molecule has 2 N–H and O–H groups in total. The van der Waals surface area contributed by atoms with Crippen LogP contribution in [0.25, 0.3) is 0 Å². The number of unbranched alkanes of at least 4 members (excludes halogenated alkanes) is 4. The van der Waals surface area contributed by atoms with Gasteiger partial charge in [-0.3, -0.25) is 0 Å². The van der Waals surface area contributed by atoms with Gasteiger partial charge in [0.2, 0.25) is 0 Å². The molecule has 2 amide bonds. The van der Waals surface area contributed by atoms with Crippen LogP contribution in [0.2, 0.25) is 0 Å². The SMILES string of the molecule is CCCCC/C=C\C/C=C\C/C=C\C/C=C\CCCNC(=O)NCCC. The Morgan fingerprint density at radius 2 is 1.12 bits per heavy atom. The van der Waals surface area contributed by atoms with Crippen LogP contribution in [0.1, 0.15) is 78.1 Å². The van der Waals surface area contributed by atoms with Crippen LogP contribution in [0.5, 0.6) is 0 Å². The molecule has 0 unspecified atom stereocenters. The average Bonchev–Trinajstić information content (AvgIpc) is 2.65. The van der Waals surface area contributed by atoms with Gasteiger partial charge in [-0.15, -0.1) is 0 Å². The van der Waals surface area contributed by atoms with Crippen molar-refractivity contribution in [2.45, 2.75) is 78.1 Å². The van der Waals surface area contributed by atoms with E-state index in [0.717, 1.165) is 51.6 Å². The molecule has 148 valence electrons. The first-order chi connectivity index (χ1) is 12.8. The molecule has 0 aliphatic carbocycles. The van der Waals surface area contributed by atoms with Crippen LogP contribution in [0.4, 0.5) is 4.79 Å². The van der Waals surface area contributed by atoms with E-state index in [1.165, 1.54) is 25.7 Å². The van der Waals surface area contributed by atoms with E-state index in [0.29, 0.717) is 0 Å². The first kappa shape index (κ1) is 24.2. The summed E-state index contributed by atoms with van der Waals surface area (Å²) in [4.78, 5) is 11.3. The quantitative estimate of drug-likeness (QED) is 0.241. The molecule has 0 saturated heterocycles. The van der Waals surface area contributed by atoms with Crippen LogP contribution in [-0.4, -0.2) is 19.1 Å². The summed E-state index contributed by atoms with van der Waals surface area (Å²) in [5.74, 6) is 0. The molecule has 0 heterocycles. The Hall–Kier alpha value is -1.77. The van der Waals surface area contributed by atoms with Crippen LogP contribution in [0, 0.1) is 0 Å². The van der Waals surface area contributed by atoms with Gasteiger partial charge in [-0.1, -0.05) is 75.3 Å². The number of amides is 2. The number of hydrogen-bond donors (Lipinski definition) is 2. The standard InChI is InChI=1S/C23H40N2O/c1-3-5-6-7-8-9-10-11-12-13-14-15-16-17-18-19-20-22-25-23(26)24-21-4-2/h8-9,11-12,14-15,17-18H,3-7,10,13,16,19-22H2,1-2H3,(H2,24,25,26)/b9-8-,12-11-,15-14-,18-17-. The lowest BCUT2D eigenvalue weighted by atomic mass is 10.2. The number of hydrogen-bond acceptors (Lipinski definition) is 1. The minimum Gasteiger partial charge on any atom is -0.338 e. The lowest BCUT2D eigenvalue weighted by molar-refractivity contribution is 0.241. The molecule has 0 aromatic carbocycles. The summed E-state index contributed by atoms with van der Waals surface area (Å²) in [7, 11) is 0. The topological polar surface area (TPSA) is 41.1 Å².